The van der Waals surface area contributed by atoms with Crippen LogP contribution in [-0.2, 0) is 38.1 Å². The number of hydrogen-bond donors (Lipinski definition) is 0. The smallest absolute Gasteiger partial charge is 0.822 e. The molecule has 0 N–H and O–H groups in total. The normalized spacial score (nSPS) is 8.43. The molecule has 0 aromatic carbocycles. The molecule has 0 aliphatic heterocycles. The van der Waals surface area contributed by atoms with E-state index in [1.54, 1.807) is 0 Å². The molecule has 0 fully saturated rings. The van der Waals surface area contributed by atoms with Gasteiger partial charge in [0.1, 0.15) is 0 Å². The van der Waals surface area contributed by atoms with Gasteiger partial charge in [0.15, 0.2) is 0 Å². The predicted octanol–water partition coefficient (Wildman–Crippen LogP) is -2.83. The summed E-state index contributed by atoms with van der Waals surface area (Å²) < 4.78 is 8.55. The van der Waals surface area contributed by atoms with Gasteiger partial charge >= 0.3 is 33.6 Å². The van der Waals surface area contributed by atoms with Crippen molar-refractivity contribution in [1.82, 2.24) is 0 Å². The number of hydrogen-bond acceptors (Lipinski definition) is 4. The molecule has 0 atom stereocenters. The van der Waals surface area contributed by atoms with Crippen LogP contribution in [0, 0.1) is 0 Å². The van der Waals surface area contributed by atoms with Crippen LogP contribution in [0.1, 0.15) is 0 Å². The summed E-state index contributed by atoms with van der Waals surface area (Å²) in [5, 5.41) is 0. The Morgan fingerprint density at radius 3 is 1.00 bits per heavy atom. The van der Waals surface area contributed by atoms with Crippen molar-refractivity contribution in [3.8, 4) is 0 Å². The second kappa shape index (κ2) is 5.26. The van der Waals surface area contributed by atoms with Gasteiger partial charge in [-0.1, -0.05) is 0 Å². The molecule has 0 aliphatic carbocycles. The van der Waals surface area contributed by atoms with Crippen LogP contribution < -0.4 is 14.7 Å². The summed E-state index contributed by atoms with van der Waals surface area (Å²) in [6, 6.07) is 0. The molecule has 0 aliphatic rings. The predicted molar refractivity (Wildman–Crippen MR) is 7.61 cm³/mol. The van der Waals surface area contributed by atoms with Crippen molar-refractivity contribution in [2.24, 2.45) is 0 Å². The van der Waals surface area contributed by atoms with E-state index in [4.69, 9.17) is 19.2 Å². The van der Waals surface area contributed by atoms with Crippen molar-refractivity contribution < 1.29 is 52.8 Å². The maximum absolute atomic E-state index is 8.55. The average Bonchev–Trinajstić information content (AvgIpc) is 0.722. The van der Waals surface area contributed by atoms with Crippen molar-refractivity contribution >= 4 is 7.82 Å². The van der Waals surface area contributed by atoms with E-state index in [1.807, 2.05) is 0 Å². The maximum Gasteiger partial charge on any atom is 2.00 e. The van der Waals surface area contributed by atoms with Gasteiger partial charge in [-0.3, -0.25) is 0 Å². The molecular formula is Co2O4P+. The van der Waals surface area contributed by atoms with Gasteiger partial charge in [-0.05, 0) is 0 Å². The van der Waals surface area contributed by atoms with Crippen LogP contribution in [0.25, 0.3) is 0 Å². The summed E-state index contributed by atoms with van der Waals surface area (Å²) >= 11 is 0. The van der Waals surface area contributed by atoms with Crippen LogP contribution in [-0.4, -0.2) is 0 Å². The third kappa shape index (κ3) is 148. The Kier molecular flexibility index (Phi) is 11.8. The summed E-state index contributed by atoms with van der Waals surface area (Å²) in [5.74, 6) is 0. The van der Waals surface area contributed by atoms with Crippen LogP contribution >= 0.6 is 7.82 Å². The van der Waals surface area contributed by atoms with Crippen molar-refractivity contribution in [3.63, 3.8) is 0 Å². The fourth-order valence-electron chi connectivity index (χ4n) is 0. The van der Waals surface area contributed by atoms with Crippen molar-refractivity contribution in [2.75, 3.05) is 0 Å². The summed E-state index contributed by atoms with van der Waals surface area (Å²) in [6.07, 6.45) is 0. The zero-order chi connectivity index (χ0) is 4.50. The molecule has 46 valence electrons. The SMILES string of the molecule is O=P([O-])([O-])[O-].[Co+2].[Co+2]. The van der Waals surface area contributed by atoms with Crippen LogP contribution in [0.15, 0.2) is 0 Å². The van der Waals surface area contributed by atoms with E-state index < -0.39 is 7.82 Å². The van der Waals surface area contributed by atoms with E-state index >= 15 is 0 Å². The molecule has 0 amide bonds. The average molecular weight is 213 g/mol. The van der Waals surface area contributed by atoms with Crippen molar-refractivity contribution in [3.05, 3.63) is 0 Å². The largest absolute Gasteiger partial charge is 2.00 e. The molecule has 0 unspecified atom stereocenters. The van der Waals surface area contributed by atoms with E-state index in [0.29, 0.717) is 0 Å². The van der Waals surface area contributed by atoms with Crippen molar-refractivity contribution in [1.29, 1.82) is 0 Å². The Hall–Kier alpha value is 1.12. The second-order valence-corrected chi connectivity index (χ2v) is 1.34. The first-order valence-electron chi connectivity index (χ1n) is 0.730. The van der Waals surface area contributed by atoms with Gasteiger partial charge < -0.3 is 19.2 Å². The van der Waals surface area contributed by atoms with Gasteiger partial charge in [0.2, 0.25) is 0 Å². The molecule has 7 heteroatoms. The van der Waals surface area contributed by atoms with Gasteiger partial charge in [0, 0.05) is 0 Å². The van der Waals surface area contributed by atoms with Crippen LogP contribution in [0.5, 0.6) is 0 Å². The molecule has 0 bridgehead atoms. The van der Waals surface area contributed by atoms with Gasteiger partial charge in [0.05, 0.1) is 0 Å². The monoisotopic (exact) mass is 213 g/mol. The zero-order valence-electron chi connectivity index (χ0n) is 2.75. The first-order chi connectivity index (χ1) is 2.00. The molecule has 0 heterocycles. The molecule has 7 heavy (non-hydrogen) atoms. The van der Waals surface area contributed by atoms with Crippen LogP contribution in [0.3, 0.4) is 0 Å². The Balaban J connectivity index is -0.0000000800. The third-order valence-corrected chi connectivity index (χ3v) is 0. The van der Waals surface area contributed by atoms with Gasteiger partial charge in [0.25, 0.3) is 0 Å². The maximum atomic E-state index is 8.55. The van der Waals surface area contributed by atoms with E-state index in [0.717, 1.165) is 0 Å². The van der Waals surface area contributed by atoms with Gasteiger partial charge in [-0.25, -0.2) is 0 Å². The number of phosphoric acid groups is 1. The minimum Gasteiger partial charge on any atom is -0.822 e. The third-order valence-electron chi connectivity index (χ3n) is 0. The topological polar surface area (TPSA) is 86.2 Å². The minimum atomic E-state index is -5.39. The summed E-state index contributed by atoms with van der Waals surface area (Å²) in [5.41, 5.74) is 0. The molecule has 0 aromatic rings. The molecule has 2 radical (unpaired) electrons. The van der Waals surface area contributed by atoms with Gasteiger partial charge in [-0.2, -0.15) is 7.82 Å². The Bertz CT molecular complexity index is 55.8. The van der Waals surface area contributed by atoms with E-state index in [2.05, 4.69) is 0 Å². The summed E-state index contributed by atoms with van der Waals surface area (Å²) in [4.78, 5) is 25.6. The van der Waals surface area contributed by atoms with E-state index in [1.165, 1.54) is 0 Å². The minimum absolute atomic E-state index is 0. The first kappa shape index (κ1) is 15.7. The fraction of sp³-hybridized carbons (Fsp3) is 0. The zero-order valence-corrected chi connectivity index (χ0v) is 5.72. The summed E-state index contributed by atoms with van der Waals surface area (Å²) in [7, 11) is -5.39. The van der Waals surface area contributed by atoms with E-state index in [-0.39, 0.29) is 33.6 Å². The quantitative estimate of drug-likeness (QED) is 0.405. The first-order valence-corrected chi connectivity index (χ1v) is 2.19. The molecule has 0 spiro atoms. The molecule has 4 nitrogen and oxygen atoms in total. The summed E-state index contributed by atoms with van der Waals surface area (Å²) in [6.45, 7) is 0. The Labute approximate surface area is 60.9 Å². The molecular weight excluding hydrogens is 213 g/mol. The Morgan fingerprint density at radius 1 is 1.00 bits per heavy atom. The number of rotatable bonds is 0. The molecule has 0 saturated carbocycles. The van der Waals surface area contributed by atoms with E-state index in [9.17, 15) is 0 Å². The fourth-order valence-corrected chi connectivity index (χ4v) is 0. The van der Waals surface area contributed by atoms with Crippen molar-refractivity contribution in [2.45, 2.75) is 0 Å². The second-order valence-electron chi connectivity index (χ2n) is 0.447. The van der Waals surface area contributed by atoms with Crippen LogP contribution in [0.4, 0.5) is 0 Å². The molecule has 0 saturated heterocycles. The molecule has 0 aromatic heterocycles. The molecule has 0 rings (SSSR count). The Morgan fingerprint density at radius 2 is 1.00 bits per heavy atom. The standard InChI is InChI=1S/2Co.H3O4P/c;;1-5(2,3)4/h;;(H3,1,2,3,4)/q2*+2;/p-3. The van der Waals surface area contributed by atoms with Gasteiger partial charge in [-0.15, -0.1) is 0 Å². The van der Waals surface area contributed by atoms with Crippen LogP contribution in [0.2, 0.25) is 0 Å².